The van der Waals surface area contributed by atoms with Crippen LogP contribution in [0.25, 0.3) is 0 Å². The predicted molar refractivity (Wildman–Crippen MR) is 106 cm³/mol. The lowest BCUT2D eigenvalue weighted by molar-refractivity contribution is -0.150. The minimum absolute atomic E-state index is 0.188. The molecule has 0 atom stereocenters. The van der Waals surface area contributed by atoms with Crippen molar-refractivity contribution in [3.8, 4) is 5.75 Å². The number of benzene rings is 1. The summed E-state index contributed by atoms with van der Waals surface area (Å²) in [6.07, 6.45) is 7.94. The number of aryl methyl sites for hydroxylation is 2. The number of hydrogen-bond acceptors (Lipinski definition) is 4. The van der Waals surface area contributed by atoms with Crippen molar-refractivity contribution in [1.29, 1.82) is 0 Å². The Morgan fingerprint density at radius 1 is 1.04 bits per heavy atom. The molecular weight excluding hydrogens is 354 g/mol. The summed E-state index contributed by atoms with van der Waals surface area (Å²) < 4.78 is 10.6. The lowest BCUT2D eigenvalue weighted by Gasteiger charge is -2.56. The number of ether oxygens (including phenoxy) is 2. The van der Waals surface area contributed by atoms with Gasteiger partial charge in [-0.3, -0.25) is 4.79 Å². The number of rotatable bonds is 7. The van der Waals surface area contributed by atoms with Crippen molar-refractivity contribution < 1.29 is 19.1 Å². The van der Waals surface area contributed by atoms with Gasteiger partial charge in [-0.1, -0.05) is 12.1 Å². The molecular formula is C23H31NO4. The first-order chi connectivity index (χ1) is 13.4. The van der Waals surface area contributed by atoms with Crippen LogP contribution in [0.15, 0.2) is 18.2 Å². The van der Waals surface area contributed by atoms with Crippen molar-refractivity contribution >= 4 is 11.9 Å². The van der Waals surface area contributed by atoms with E-state index in [9.17, 15) is 9.59 Å². The topological polar surface area (TPSA) is 64.6 Å². The molecule has 1 amide bonds. The molecule has 5 heteroatoms. The van der Waals surface area contributed by atoms with Crippen LogP contribution in [-0.4, -0.2) is 31.6 Å². The molecule has 0 unspecified atom stereocenters. The van der Waals surface area contributed by atoms with Gasteiger partial charge in [-0.2, -0.15) is 0 Å². The Bertz CT molecular complexity index is 722. The Balaban J connectivity index is 1.18. The highest BCUT2D eigenvalue weighted by atomic mass is 16.6. The Labute approximate surface area is 167 Å². The Morgan fingerprint density at radius 3 is 2.32 bits per heavy atom. The zero-order valence-corrected chi connectivity index (χ0v) is 17.0. The van der Waals surface area contributed by atoms with Gasteiger partial charge in [0.2, 0.25) is 0 Å². The normalized spacial score (nSPS) is 30.1. The molecule has 1 aromatic carbocycles. The molecule has 4 fully saturated rings. The number of carbonyl (C=O) groups excluding carboxylic acids is 2. The van der Waals surface area contributed by atoms with Crippen LogP contribution in [0.3, 0.4) is 0 Å². The average Bonchev–Trinajstić information content (AvgIpc) is 2.64. The van der Waals surface area contributed by atoms with Crippen LogP contribution in [0.2, 0.25) is 0 Å². The minimum atomic E-state index is -0.522. The minimum Gasteiger partial charge on any atom is -0.482 e. The second-order valence-electron chi connectivity index (χ2n) is 9.41. The molecule has 0 heterocycles. The highest BCUT2D eigenvalue weighted by Crippen LogP contribution is 2.59. The highest BCUT2D eigenvalue weighted by Gasteiger charge is 2.50. The summed E-state index contributed by atoms with van der Waals surface area (Å²) in [6.45, 7) is 4.20. The van der Waals surface area contributed by atoms with Gasteiger partial charge in [-0.15, -0.1) is 0 Å². The molecule has 0 aliphatic heterocycles. The van der Waals surface area contributed by atoms with E-state index in [0.29, 0.717) is 11.2 Å². The summed E-state index contributed by atoms with van der Waals surface area (Å²) in [5, 5.41) is 3.03. The van der Waals surface area contributed by atoms with Gasteiger partial charge in [-0.05, 0) is 92.7 Å². The van der Waals surface area contributed by atoms with E-state index < -0.39 is 5.97 Å². The van der Waals surface area contributed by atoms with Crippen molar-refractivity contribution in [2.45, 2.75) is 52.4 Å². The third-order valence-electron chi connectivity index (χ3n) is 6.88. The number of hydrogen-bond donors (Lipinski definition) is 1. The van der Waals surface area contributed by atoms with Crippen LogP contribution in [0.5, 0.6) is 5.75 Å². The fourth-order valence-electron chi connectivity index (χ4n) is 6.03. The molecule has 4 bridgehead atoms. The monoisotopic (exact) mass is 385 g/mol. The zero-order chi connectivity index (χ0) is 19.7. The molecule has 4 aliphatic rings. The molecule has 0 saturated heterocycles. The molecule has 152 valence electrons. The zero-order valence-electron chi connectivity index (χ0n) is 17.0. The van der Waals surface area contributed by atoms with Crippen LogP contribution in [0.1, 0.15) is 49.7 Å². The van der Waals surface area contributed by atoms with Gasteiger partial charge in [0, 0.05) is 6.54 Å². The number of nitrogens with one attached hydrogen (secondary N) is 1. The molecule has 4 saturated carbocycles. The largest absolute Gasteiger partial charge is 0.482 e. The average molecular weight is 386 g/mol. The van der Waals surface area contributed by atoms with Crippen molar-refractivity contribution in [3.63, 3.8) is 0 Å². The maximum absolute atomic E-state index is 12.2. The van der Waals surface area contributed by atoms with E-state index in [0.717, 1.165) is 35.4 Å². The summed E-state index contributed by atoms with van der Waals surface area (Å²) in [6, 6.07) is 5.84. The van der Waals surface area contributed by atoms with Gasteiger partial charge >= 0.3 is 5.97 Å². The fourth-order valence-corrected chi connectivity index (χ4v) is 6.03. The molecule has 1 N–H and O–H groups in total. The molecule has 4 aliphatic carbocycles. The van der Waals surface area contributed by atoms with Crippen LogP contribution in [0, 0.1) is 37.0 Å². The van der Waals surface area contributed by atoms with Crippen molar-refractivity contribution in [2.75, 3.05) is 19.8 Å². The third-order valence-corrected chi connectivity index (χ3v) is 6.88. The van der Waals surface area contributed by atoms with Gasteiger partial charge in [0.15, 0.2) is 13.2 Å². The standard InChI is InChI=1S/C23H31NO4/c1-15-3-4-16(2)20(5-15)27-13-22(26)28-12-21(25)24-14-23-9-17-6-18(10-23)8-19(7-17)11-23/h3-5,17-19H,6-14H2,1-2H3,(H,24,25). The first-order valence-electron chi connectivity index (χ1n) is 10.5. The van der Waals surface area contributed by atoms with Crippen molar-refractivity contribution in [3.05, 3.63) is 29.3 Å². The van der Waals surface area contributed by atoms with E-state index in [1.54, 1.807) is 0 Å². The first kappa shape index (κ1) is 19.3. The van der Waals surface area contributed by atoms with Crippen LogP contribution in [-0.2, 0) is 14.3 Å². The Hall–Kier alpha value is -2.04. The summed E-state index contributed by atoms with van der Waals surface area (Å²) in [5.74, 6) is 2.53. The summed E-state index contributed by atoms with van der Waals surface area (Å²) >= 11 is 0. The van der Waals surface area contributed by atoms with Gasteiger partial charge < -0.3 is 14.8 Å². The van der Waals surface area contributed by atoms with E-state index >= 15 is 0 Å². The number of esters is 1. The quantitative estimate of drug-likeness (QED) is 0.729. The molecule has 0 aromatic heterocycles. The van der Waals surface area contributed by atoms with Crippen LogP contribution < -0.4 is 10.1 Å². The lowest BCUT2D eigenvalue weighted by atomic mass is 9.49. The number of carbonyl (C=O) groups is 2. The Morgan fingerprint density at radius 2 is 1.68 bits per heavy atom. The van der Waals surface area contributed by atoms with E-state index in [4.69, 9.17) is 9.47 Å². The lowest BCUT2D eigenvalue weighted by Crippen LogP contribution is -2.51. The maximum Gasteiger partial charge on any atom is 0.344 e. The fraction of sp³-hybridized carbons (Fsp3) is 0.652. The van der Waals surface area contributed by atoms with E-state index in [-0.39, 0.29) is 19.1 Å². The van der Waals surface area contributed by atoms with E-state index in [1.165, 1.54) is 38.5 Å². The third kappa shape index (κ3) is 4.34. The smallest absolute Gasteiger partial charge is 0.344 e. The van der Waals surface area contributed by atoms with Crippen molar-refractivity contribution in [2.24, 2.45) is 23.2 Å². The van der Waals surface area contributed by atoms with E-state index in [2.05, 4.69) is 5.32 Å². The van der Waals surface area contributed by atoms with Gasteiger partial charge in [0.25, 0.3) is 5.91 Å². The summed E-state index contributed by atoms with van der Waals surface area (Å²) in [4.78, 5) is 24.1. The maximum atomic E-state index is 12.2. The Kier molecular flexibility index (Phi) is 5.35. The second-order valence-corrected chi connectivity index (χ2v) is 9.41. The van der Waals surface area contributed by atoms with Crippen LogP contribution >= 0.6 is 0 Å². The molecule has 0 radical (unpaired) electrons. The second kappa shape index (κ2) is 7.76. The predicted octanol–water partition coefficient (Wildman–Crippen LogP) is 3.56. The van der Waals surface area contributed by atoms with Gasteiger partial charge in [0.05, 0.1) is 0 Å². The number of amides is 1. The first-order valence-corrected chi connectivity index (χ1v) is 10.5. The highest BCUT2D eigenvalue weighted by molar-refractivity contribution is 5.80. The summed E-state index contributed by atoms with van der Waals surface area (Å²) in [7, 11) is 0. The molecule has 5 rings (SSSR count). The van der Waals surface area contributed by atoms with Gasteiger partial charge in [-0.25, -0.2) is 4.79 Å². The van der Waals surface area contributed by atoms with Gasteiger partial charge in [0.1, 0.15) is 5.75 Å². The van der Waals surface area contributed by atoms with E-state index in [1.807, 2.05) is 32.0 Å². The molecule has 1 aromatic rings. The molecule has 28 heavy (non-hydrogen) atoms. The summed E-state index contributed by atoms with van der Waals surface area (Å²) in [5.41, 5.74) is 2.32. The molecule has 0 spiro atoms. The SMILES string of the molecule is Cc1ccc(C)c(OCC(=O)OCC(=O)NCC23CC4CC(CC(C4)C2)C3)c1. The molecule has 5 nitrogen and oxygen atoms in total. The van der Waals surface area contributed by atoms with Crippen LogP contribution in [0.4, 0.5) is 0 Å². The van der Waals surface area contributed by atoms with Crippen molar-refractivity contribution in [1.82, 2.24) is 5.32 Å².